The lowest BCUT2D eigenvalue weighted by atomic mass is 9.97. The Hall–Kier alpha value is -7.88. The Bertz CT molecular complexity index is 2520. The summed E-state index contributed by atoms with van der Waals surface area (Å²) in [6.45, 7) is 10.0. The van der Waals surface area contributed by atoms with E-state index in [0.29, 0.717) is 11.4 Å². The van der Waals surface area contributed by atoms with Crippen LogP contribution in [-0.2, 0) is 9.59 Å². The van der Waals surface area contributed by atoms with Gasteiger partial charge in [-0.05, 0) is 108 Å². The van der Waals surface area contributed by atoms with Crippen LogP contribution in [0.25, 0.3) is 11.5 Å². The molecule has 4 aromatic carbocycles. The van der Waals surface area contributed by atoms with Crippen molar-refractivity contribution in [3.05, 3.63) is 132 Å². The van der Waals surface area contributed by atoms with Crippen LogP contribution in [0.4, 0.5) is 17.6 Å². The van der Waals surface area contributed by atoms with Crippen molar-refractivity contribution in [1.82, 2.24) is 24.9 Å². The number of carbonyl (C=O) groups excluding carboxylic acids is 4. The van der Waals surface area contributed by atoms with E-state index in [1.54, 1.807) is 84.1 Å². The van der Waals surface area contributed by atoms with Gasteiger partial charge in [0, 0.05) is 17.4 Å². The fraction of sp³-hybridized carbons (Fsp3) is 0.182. The van der Waals surface area contributed by atoms with E-state index in [1.807, 2.05) is 30.3 Å². The molecule has 16 heteroatoms. The number of esters is 4. The molecule has 0 saturated heterocycles. The molecule has 0 fully saturated rings. The minimum absolute atomic E-state index is 0.00142. The third-order valence-electron chi connectivity index (χ3n) is 8.08. The molecule has 2 heterocycles. The first kappa shape index (κ1) is 41.7. The Morgan fingerprint density at radius 3 is 1.90 bits per heavy atom. The molecule has 0 amide bonds. The number of para-hydroxylation sites is 2. The molecule has 0 bridgehead atoms. The molecule has 2 N–H and O–H groups in total. The number of carbonyl (C=O) groups is 4. The van der Waals surface area contributed by atoms with Crippen LogP contribution in [0, 0.1) is 10.8 Å². The maximum Gasteiger partial charge on any atom is 0.347 e. The van der Waals surface area contributed by atoms with E-state index in [-0.39, 0.29) is 51.7 Å². The van der Waals surface area contributed by atoms with Gasteiger partial charge in [0.05, 0.1) is 22.6 Å². The summed E-state index contributed by atoms with van der Waals surface area (Å²) in [5.41, 5.74) is 1.98. The molecule has 0 aliphatic rings. The minimum atomic E-state index is -1.06. The fourth-order valence-corrected chi connectivity index (χ4v) is 4.84. The number of nitrogens with zero attached hydrogens (tertiary/aromatic N) is 6. The number of anilines is 3. The molecule has 0 radical (unpaired) electrons. The van der Waals surface area contributed by atoms with Crippen molar-refractivity contribution in [3.8, 4) is 34.5 Å². The van der Waals surface area contributed by atoms with Gasteiger partial charge in [0.15, 0.2) is 17.3 Å². The lowest BCUT2D eigenvalue weighted by molar-refractivity contribution is -0.143. The van der Waals surface area contributed by atoms with Gasteiger partial charge in [-0.1, -0.05) is 36.4 Å². The topological polar surface area (TPSA) is 206 Å². The molecule has 0 spiro atoms. The van der Waals surface area contributed by atoms with E-state index in [4.69, 9.17) is 18.9 Å². The average molecular weight is 809 g/mol. The van der Waals surface area contributed by atoms with Crippen LogP contribution in [0.15, 0.2) is 121 Å². The number of ether oxygens (including phenoxy) is 4. The second kappa shape index (κ2) is 18.1. The zero-order valence-corrected chi connectivity index (χ0v) is 33.5. The van der Waals surface area contributed by atoms with Crippen LogP contribution >= 0.6 is 0 Å². The average Bonchev–Trinajstić information content (AvgIpc) is 3.22. The summed E-state index contributed by atoms with van der Waals surface area (Å²) in [4.78, 5) is 75.1. The number of benzene rings is 4. The quantitative estimate of drug-likeness (QED) is 0.0522. The van der Waals surface area contributed by atoms with Crippen LogP contribution in [0.5, 0.6) is 23.0 Å². The predicted octanol–water partition coefficient (Wildman–Crippen LogP) is 7.86. The maximum absolute atomic E-state index is 13.8. The van der Waals surface area contributed by atoms with Gasteiger partial charge in [-0.15, -0.1) is 0 Å². The molecule has 0 unspecified atom stereocenters. The fourth-order valence-electron chi connectivity index (χ4n) is 4.84. The van der Waals surface area contributed by atoms with Crippen molar-refractivity contribution in [3.63, 3.8) is 0 Å². The van der Waals surface area contributed by atoms with Crippen molar-refractivity contribution in [2.75, 3.05) is 10.7 Å². The van der Waals surface area contributed by atoms with Gasteiger partial charge in [-0.3, -0.25) is 9.59 Å². The molecule has 2 aromatic heterocycles. The normalized spacial score (nSPS) is 11.4. The van der Waals surface area contributed by atoms with Crippen molar-refractivity contribution < 1.29 is 38.1 Å². The number of aromatic nitrogens is 5. The van der Waals surface area contributed by atoms with Crippen molar-refractivity contribution in [2.24, 2.45) is 15.9 Å². The highest BCUT2D eigenvalue weighted by atomic mass is 16.6. The number of rotatable bonds is 12. The second-order valence-electron chi connectivity index (χ2n) is 15.0. The van der Waals surface area contributed by atoms with Gasteiger partial charge in [-0.2, -0.15) is 20.1 Å². The highest BCUT2D eigenvalue weighted by Crippen LogP contribution is 2.38. The third kappa shape index (κ3) is 10.9. The van der Waals surface area contributed by atoms with Crippen LogP contribution < -0.4 is 29.7 Å². The van der Waals surface area contributed by atoms with Gasteiger partial charge < -0.3 is 24.3 Å². The maximum atomic E-state index is 13.8. The zero-order valence-electron chi connectivity index (χ0n) is 33.5. The Balaban J connectivity index is 1.39. The summed E-state index contributed by atoms with van der Waals surface area (Å²) in [6, 6.07) is 27.6. The lowest BCUT2D eigenvalue weighted by Crippen LogP contribution is -2.27. The first-order valence-corrected chi connectivity index (χ1v) is 18.5. The number of nitrogens with one attached hydrogen (secondary N) is 2. The van der Waals surface area contributed by atoms with E-state index in [9.17, 15) is 19.2 Å². The molecule has 60 heavy (non-hydrogen) atoms. The van der Waals surface area contributed by atoms with Crippen LogP contribution in [-0.4, -0.2) is 55.0 Å². The molecule has 0 atom stereocenters. The highest BCUT2D eigenvalue weighted by Gasteiger charge is 2.31. The van der Waals surface area contributed by atoms with E-state index in [1.165, 1.54) is 48.9 Å². The first-order chi connectivity index (χ1) is 28.6. The summed E-state index contributed by atoms with van der Waals surface area (Å²) in [5.74, 6) is -2.94. The third-order valence-corrected chi connectivity index (χ3v) is 8.08. The van der Waals surface area contributed by atoms with Crippen LogP contribution in [0.1, 0.15) is 67.8 Å². The molecular formula is C44H40N8O8. The van der Waals surface area contributed by atoms with Gasteiger partial charge in [0.1, 0.15) is 29.1 Å². The molecule has 0 saturated carbocycles. The Kier molecular flexibility index (Phi) is 12.6. The molecule has 16 nitrogen and oxygen atoms in total. The summed E-state index contributed by atoms with van der Waals surface area (Å²) in [5, 5.41) is 7.45. The van der Waals surface area contributed by atoms with Crippen LogP contribution in [0.3, 0.4) is 0 Å². The summed E-state index contributed by atoms with van der Waals surface area (Å²) < 4.78 is 22.9. The van der Waals surface area contributed by atoms with E-state index >= 15 is 0 Å². The lowest BCUT2D eigenvalue weighted by Gasteiger charge is -2.20. The smallest absolute Gasteiger partial charge is 0.347 e. The molecular weight excluding hydrogens is 769 g/mol. The molecule has 6 aromatic rings. The molecule has 0 aliphatic heterocycles. The number of hydrogen-bond acceptors (Lipinski definition) is 16. The molecule has 304 valence electrons. The van der Waals surface area contributed by atoms with E-state index < -0.39 is 40.5 Å². The number of hydrazone groups is 1. The molecule has 6 rings (SSSR count). The van der Waals surface area contributed by atoms with Crippen molar-refractivity contribution >= 4 is 47.7 Å². The summed E-state index contributed by atoms with van der Waals surface area (Å²) in [7, 11) is 0. The predicted molar refractivity (Wildman–Crippen MR) is 221 cm³/mol. The standard InChI is InChI=1S/C44H40N8O8/c1-43(2,3)39(55)58-31-20-17-27(18-21-31)37(53)59-34-28(19-22-32(35(34)60-40(56)44(4,5)6)38(54)57-30-15-11-8-12-16-30)25-47-52-42-50-36(33-23-24-45-26-46-33)49-41(51-42)48-29-13-9-7-10-14-29/h7-26H,1-6H3,(H2,48,49,50,51,52)/b47-25+. The summed E-state index contributed by atoms with van der Waals surface area (Å²) >= 11 is 0. The van der Waals surface area contributed by atoms with E-state index in [0.717, 1.165) is 0 Å². The molecule has 0 aliphatic carbocycles. The van der Waals surface area contributed by atoms with Crippen molar-refractivity contribution in [1.29, 1.82) is 0 Å². The first-order valence-electron chi connectivity index (χ1n) is 18.5. The van der Waals surface area contributed by atoms with Gasteiger partial charge in [0.25, 0.3) is 0 Å². The van der Waals surface area contributed by atoms with Crippen LogP contribution in [0.2, 0.25) is 0 Å². The SMILES string of the molecule is CC(C)(C)C(=O)Oc1ccc(C(=O)Oc2c(/C=N/Nc3nc(Nc4ccccc4)nc(-c4ccncn4)n3)ccc(C(=O)Oc3ccccc3)c2OC(=O)C(C)(C)C)cc1. The Morgan fingerprint density at radius 1 is 0.617 bits per heavy atom. The monoisotopic (exact) mass is 808 g/mol. The largest absolute Gasteiger partial charge is 0.426 e. The second-order valence-corrected chi connectivity index (χ2v) is 15.0. The Labute approximate surface area is 345 Å². The summed E-state index contributed by atoms with van der Waals surface area (Å²) in [6.07, 6.45) is 4.16. The zero-order chi connectivity index (χ0) is 42.9. The van der Waals surface area contributed by atoms with Crippen molar-refractivity contribution in [2.45, 2.75) is 41.5 Å². The highest BCUT2D eigenvalue weighted by molar-refractivity contribution is 6.01. The van der Waals surface area contributed by atoms with Gasteiger partial charge in [-0.25, -0.2) is 25.0 Å². The van der Waals surface area contributed by atoms with E-state index in [2.05, 4.69) is 40.8 Å². The minimum Gasteiger partial charge on any atom is -0.426 e. The Morgan fingerprint density at radius 2 is 1.25 bits per heavy atom. The van der Waals surface area contributed by atoms with Gasteiger partial charge in [0.2, 0.25) is 11.9 Å². The van der Waals surface area contributed by atoms with Gasteiger partial charge >= 0.3 is 23.9 Å². The number of hydrogen-bond donors (Lipinski definition) is 2.